The van der Waals surface area contributed by atoms with E-state index in [2.05, 4.69) is 9.97 Å². The Hall–Kier alpha value is -3.43. The molecular weight excluding hydrogens is 354 g/mol. The van der Waals surface area contributed by atoms with Crippen molar-refractivity contribution >= 4 is 17.5 Å². The number of rotatable bonds is 6. The van der Waals surface area contributed by atoms with Gasteiger partial charge in [0.25, 0.3) is 11.6 Å². The van der Waals surface area contributed by atoms with Crippen molar-refractivity contribution in [3.05, 3.63) is 46.8 Å². The molecule has 1 saturated heterocycles. The van der Waals surface area contributed by atoms with Crippen molar-refractivity contribution in [2.45, 2.75) is 0 Å². The van der Waals surface area contributed by atoms with Crippen LogP contribution in [0, 0.1) is 10.1 Å². The largest absolute Gasteiger partial charge is 0.493 e. The molecule has 3 rings (SSSR count). The molecular formula is C17H19N5O5. The molecule has 0 spiro atoms. The number of nitrogens with zero attached hydrogens (tertiary/aromatic N) is 5. The van der Waals surface area contributed by atoms with Crippen LogP contribution in [-0.4, -0.2) is 65.6 Å². The lowest BCUT2D eigenvalue weighted by molar-refractivity contribution is -0.385. The third-order valence-corrected chi connectivity index (χ3v) is 4.18. The third-order valence-electron chi connectivity index (χ3n) is 4.18. The minimum atomic E-state index is -0.529. The Morgan fingerprint density at radius 1 is 1.19 bits per heavy atom. The normalized spacial score (nSPS) is 14.0. The Kier molecular flexibility index (Phi) is 5.64. The zero-order chi connectivity index (χ0) is 19.2. The van der Waals surface area contributed by atoms with Gasteiger partial charge < -0.3 is 19.3 Å². The molecule has 0 unspecified atom stereocenters. The maximum atomic E-state index is 12.4. The molecule has 0 atom stereocenters. The summed E-state index contributed by atoms with van der Waals surface area (Å²) in [7, 11) is 1.43. The Labute approximate surface area is 155 Å². The number of carbonyl (C=O) groups excluding carboxylic acids is 1. The quantitative estimate of drug-likeness (QED) is 0.547. The van der Waals surface area contributed by atoms with Gasteiger partial charge >= 0.3 is 0 Å². The van der Waals surface area contributed by atoms with E-state index in [1.165, 1.54) is 25.3 Å². The number of methoxy groups -OCH3 is 1. The van der Waals surface area contributed by atoms with Gasteiger partial charge in [0.2, 0.25) is 5.95 Å². The molecule has 142 valence electrons. The van der Waals surface area contributed by atoms with E-state index in [-0.39, 0.29) is 24.0 Å². The number of hydrogen-bond donors (Lipinski definition) is 0. The van der Waals surface area contributed by atoms with Crippen LogP contribution in [0.1, 0.15) is 0 Å². The summed E-state index contributed by atoms with van der Waals surface area (Å²) >= 11 is 0. The molecule has 1 aliphatic rings. The number of anilines is 1. The smallest absolute Gasteiger partial charge is 0.273 e. The Morgan fingerprint density at radius 2 is 1.89 bits per heavy atom. The standard InChI is InChI=1S/C17H19N5O5/c1-26-14-4-3-13(22(24)25)11-15(14)27-12-16(23)20-7-9-21(10-8-20)17-18-5-2-6-19-17/h2-6,11H,7-10,12H2,1H3. The third kappa shape index (κ3) is 4.40. The van der Waals surface area contributed by atoms with Crippen LogP contribution in [0.3, 0.4) is 0 Å². The van der Waals surface area contributed by atoms with Crippen LogP contribution in [-0.2, 0) is 4.79 Å². The van der Waals surface area contributed by atoms with Gasteiger partial charge in [-0.2, -0.15) is 0 Å². The lowest BCUT2D eigenvalue weighted by Gasteiger charge is -2.34. The molecule has 1 amide bonds. The lowest BCUT2D eigenvalue weighted by Crippen LogP contribution is -2.50. The molecule has 2 aromatic rings. The Bertz CT molecular complexity index is 809. The van der Waals surface area contributed by atoms with Crippen molar-refractivity contribution in [1.82, 2.24) is 14.9 Å². The summed E-state index contributed by atoms with van der Waals surface area (Å²) in [6.45, 7) is 2.06. The fourth-order valence-electron chi connectivity index (χ4n) is 2.73. The van der Waals surface area contributed by atoms with Crippen molar-refractivity contribution in [3.8, 4) is 11.5 Å². The number of nitro benzene ring substituents is 1. The van der Waals surface area contributed by atoms with Gasteiger partial charge in [-0.15, -0.1) is 0 Å². The molecule has 1 aliphatic heterocycles. The van der Waals surface area contributed by atoms with Crippen molar-refractivity contribution in [2.24, 2.45) is 0 Å². The van der Waals surface area contributed by atoms with E-state index in [9.17, 15) is 14.9 Å². The molecule has 0 saturated carbocycles. The van der Waals surface area contributed by atoms with Crippen LogP contribution in [0.15, 0.2) is 36.7 Å². The first-order valence-electron chi connectivity index (χ1n) is 8.33. The summed E-state index contributed by atoms with van der Waals surface area (Å²) in [6.07, 6.45) is 3.36. The van der Waals surface area contributed by atoms with Gasteiger partial charge in [0.1, 0.15) is 0 Å². The monoisotopic (exact) mass is 373 g/mol. The topological polar surface area (TPSA) is 111 Å². The molecule has 1 aromatic heterocycles. The zero-order valence-electron chi connectivity index (χ0n) is 14.8. The summed E-state index contributed by atoms with van der Waals surface area (Å²) in [5.74, 6) is 0.940. The predicted molar refractivity (Wildman–Crippen MR) is 96.0 cm³/mol. The van der Waals surface area contributed by atoms with E-state index in [1.54, 1.807) is 23.4 Å². The first-order valence-corrected chi connectivity index (χ1v) is 8.33. The van der Waals surface area contributed by atoms with E-state index in [0.29, 0.717) is 37.9 Å². The highest BCUT2D eigenvalue weighted by Crippen LogP contribution is 2.31. The van der Waals surface area contributed by atoms with Gasteiger partial charge in [0, 0.05) is 44.6 Å². The second-order valence-corrected chi connectivity index (χ2v) is 5.80. The highest BCUT2D eigenvalue weighted by atomic mass is 16.6. The van der Waals surface area contributed by atoms with E-state index >= 15 is 0 Å². The maximum Gasteiger partial charge on any atom is 0.273 e. The average Bonchev–Trinajstić information content (AvgIpc) is 2.72. The van der Waals surface area contributed by atoms with E-state index in [0.717, 1.165) is 0 Å². The van der Waals surface area contributed by atoms with E-state index < -0.39 is 4.92 Å². The van der Waals surface area contributed by atoms with Gasteiger partial charge in [-0.05, 0) is 12.1 Å². The molecule has 0 bridgehead atoms. The van der Waals surface area contributed by atoms with Crippen molar-refractivity contribution < 1.29 is 19.2 Å². The summed E-state index contributed by atoms with van der Waals surface area (Å²) < 4.78 is 10.6. The molecule has 27 heavy (non-hydrogen) atoms. The van der Waals surface area contributed by atoms with Crippen LogP contribution >= 0.6 is 0 Å². The molecule has 0 aliphatic carbocycles. The van der Waals surface area contributed by atoms with Crippen LogP contribution in [0.4, 0.5) is 11.6 Å². The molecule has 2 heterocycles. The SMILES string of the molecule is COc1ccc([N+](=O)[O-])cc1OCC(=O)N1CCN(c2ncccn2)CC1. The first kappa shape index (κ1) is 18.4. The van der Waals surface area contributed by atoms with E-state index in [4.69, 9.17) is 9.47 Å². The Morgan fingerprint density at radius 3 is 2.52 bits per heavy atom. The summed E-state index contributed by atoms with van der Waals surface area (Å²) in [4.78, 5) is 34.9. The number of nitro groups is 1. The van der Waals surface area contributed by atoms with E-state index in [1.807, 2.05) is 4.90 Å². The van der Waals surface area contributed by atoms with Crippen molar-refractivity contribution in [1.29, 1.82) is 0 Å². The fourth-order valence-corrected chi connectivity index (χ4v) is 2.73. The van der Waals surface area contributed by atoms with Crippen LogP contribution < -0.4 is 14.4 Å². The summed E-state index contributed by atoms with van der Waals surface area (Å²) in [5.41, 5.74) is -0.130. The number of non-ortho nitro benzene ring substituents is 1. The minimum Gasteiger partial charge on any atom is -0.493 e. The summed E-state index contributed by atoms with van der Waals surface area (Å²) in [5, 5.41) is 10.9. The van der Waals surface area contributed by atoms with Crippen molar-refractivity contribution in [3.63, 3.8) is 0 Å². The van der Waals surface area contributed by atoms with Gasteiger partial charge in [-0.1, -0.05) is 0 Å². The van der Waals surface area contributed by atoms with Crippen LogP contribution in [0.2, 0.25) is 0 Å². The number of piperazine rings is 1. The summed E-state index contributed by atoms with van der Waals surface area (Å²) in [6, 6.07) is 5.76. The molecule has 1 fully saturated rings. The first-order chi connectivity index (χ1) is 13.1. The molecule has 0 N–H and O–H groups in total. The molecule has 10 nitrogen and oxygen atoms in total. The molecule has 0 radical (unpaired) electrons. The van der Waals surface area contributed by atoms with Crippen molar-refractivity contribution in [2.75, 3.05) is 44.8 Å². The second-order valence-electron chi connectivity index (χ2n) is 5.80. The fraction of sp³-hybridized carbons (Fsp3) is 0.353. The second kappa shape index (κ2) is 8.30. The zero-order valence-corrected chi connectivity index (χ0v) is 14.8. The number of benzene rings is 1. The number of amides is 1. The number of ether oxygens (including phenoxy) is 2. The highest BCUT2D eigenvalue weighted by Gasteiger charge is 2.23. The van der Waals surface area contributed by atoms with Gasteiger partial charge in [-0.25, -0.2) is 9.97 Å². The van der Waals surface area contributed by atoms with Crippen LogP contribution in [0.25, 0.3) is 0 Å². The minimum absolute atomic E-state index is 0.130. The average molecular weight is 373 g/mol. The van der Waals surface area contributed by atoms with Crippen LogP contribution in [0.5, 0.6) is 11.5 Å². The Balaban J connectivity index is 1.56. The number of aromatic nitrogens is 2. The molecule has 1 aromatic carbocycles. The van der Waals surface area contributed by atoms with Gasteiger partial charge in [0.15, 0.2) is 18.1 Å². The van der Waals surface area contributed by atoms with Gasteiger partial charge in [0.05, 0.1) is 18.1 Å². The van der Waals surface area contributed by atoms with Gasteiger partial charge in [-0.3, -0.25) is 14.9 Å². The number of hydrogen-bond acceptors (Lipinski definition) is 8. The molecule has 10 heteroatoms. The maximum absolute atomic E-state index is 12.4. The number of carbonyl (C=O) groups is 1. The lowest BCUT2D eigenvalue weighted by atomic mass is 10.3. The highest BCUT2D eigenvalue weighted by molar-refractivity contribution is 5.78. The predicted octanol–water partition coefficient (Wildman–Crippen LogP) is 1.12.